The number of aromatic nitrogens is 2. The van der Waals surface area contributed by atoms with Crippen LogP contribution in [0.2, 0.25) is 0 Å². The molecule has 0 N–H and O–H groups in total. The van der Waals surface area contributed by atoms with Crippen LogP contribution in [-0.2, 0) is 4.74 Å². The summed E-state index contributed by atoms with van der Waals surface area (Å²) in [6.07, 6.45) is 1.23. The van der Waals surface area contributed by atoms with Crippen LogP contribution < -0.4 is 0 Å². The van der Waals surface area contributed by atoms with Gasteiger partial charge in [0.05, 0.1) is 5.69 Å². The van der Waals surface area contributed by atoms with Crippen LogP contribution in [0.1, 0.15) is 32.0 Å². The first-order chi connectivity index (χ1) is 6.29. The van der Waals surface area contributed by atoms with Gasteiger partial charge in [0, 0.05) is 6.20 Å². The molecule has 0 aromatic carbocycles. The van der Waals surface area contributed by atoms with Gasteiger partial charge in [-0.25, -0.2) is 4.79 Å². The molecule has 1 rings (SSSR count). The third-order valence-corrected chi connectivity index (χ3v) is 1.72. The molecule has 0 amide bonds. The molecule has 0 saturated heterocycles. The van der Waals surface area contributed by atoms with E-state index >= 15 is 0 Å². The van der Waals surface area contributed by atoms with Gasteiger partial charge in [0.25, 0.3) is 0 Å². The van der Waals surface area contributed by atoms with Crippen LogP contribution in [0.3, 0.4) is 0 Å². The number of carbonyl (C=O) groups excluding carboxylic acids is 1. The predicted molar refractivity (Wildman–Crippen MR) is 53.3 cm³/mol. The average Bonchev–Trinajstić information content (AvgIpc) is 2.28. The molecule has 0 unspecified atom stereocenters. The Hall–Kier alpha value is -1.32. The Morgan fingerprint density at radius 3 is 2.36 bits per heavy atom. The third kappa shape index (κ3) is 2.58. The first-order valence-electron chi connectivity index (χ1n) is 4.56. The lowest BCUT2D eigenvalue weighted by molar-refractivity contribution is 0.0514. The first kappa shape index (κ1) is 10.8. The lowest BCUT2D eigenvalue weighted by Crippen LogP contribution is -2.27. The number of hydrogen-bond donors (Lipinski definition) is 0. The van der Waals surface area contributed by atoms with Crippen molar-refractivity contribution in [1.29, 1.82) is 0 Å². The van der Waals surface area contributed by atoms with Crippen LogP contribution >= 0.6 is 0 Å². The standard InChI is InChI=1S/C10H16N2O2/c1-7-6-12(11-8(7)2)9(13)14-10(3,4)5/h6H,1-5H3. The van der Waals surface area contributed by atoms with Crippen molar-refractivity contribution in [3.63, 3.8) is 0 Å². The number of aryl methyl sites for hydroxylation is 2. The van der Waals surface area contributed by atoms with Crippen LogP contribution in [0.15, 0.2) is 6.20 Å². The van der Waals surface area contributed by atoms with Crippen LogP contribution in [-0.4, -0.2) is 21.5 Å². The van der Waals surface area contributed by atoms with E-state index in [2.05, 4.69) is 5.10 Å². The maximum atomic E-state index is 11.5. The molecule has 0 radical (unpaired) electrons. The van der Waals surface area contributed by atoms with Gasteiger partial charge in [-0.1, -0.05) is 0 Å². The molecule has 78 valence electrons. The molecular formula is C10H16N2O2. The van der Waals surface area contributed by atoms with Crippen molar-refractivity contribution in [2.24, 2.45) is 0 Å². The Balaban J connectivity index is 2.80. The van der Waals surface area contributed by atoms with Gasteiger partial charge in [0.15, 0.2) is 0 Å². The zero-order valence-corrected chi connectivity index (χ0v) is 9.29. The molecule has 0 saturated carbocycles. The molecule has 0 aliphatic heterocycles. The minimum Gasteiger partial charge on any atom is -0.442 e. The monoisotopic (exact) mass is 196 g/mol. The van der Waals surface area contributed by atoms with Crippen molar-refractivity contribution < 1.29 is 9.53 Å². The Kier molecular flexibility index (Phi) is 2.64. The highest BCUT2D eigenvalue weighted by Gasteiger charge is 2.18. The van der Waals surface area contributed by atoms with Crippen molar-refractivity contribution in [1.82, 2.24) is 9.78 Å². The summed E-state index contributed by atoms with van der Waals surface area (Å²) in [5.41, 5.74) is 1.34. The highest BCUT2D eigenvalue weighted by molar-refractivity contribution is 5.69. The molecular weight excluding hydrogens is 180 g/mol. The van der Waals surface area contributed by atoms with Gasteiger partial charge in [-0.2, -0.15) is 9.78 Å². The third-order valence-electron chi connectivity index (χ3n) is 1.72. The van der Waals surface area contributed by atoms with Crippen LogP contribution in [0.25, 0.3) is 0 Å². The molecule has 14 heavy (non-hydrogen) atoms. The summed E-state index contributed by atoms with van der Waals surface area (Å²) >= 11 is 0. The zero-order chi connectivity index (χ0) is 10.9. The second-order valence-electron chi connectivity index (χ2n) is 4.32. The normalized spacial score (nSPS) is 11.5. The maximum absolute atomic E-state index is 11.5. The van der Waals surface area contributed by atoms with Gasteiger partial charge >= 0.3 is 6.09 Å². The molecule has 1 aromatic heterocycles. The molecule has 1 heterocycles. The topological polar surface area (TPSA) is 44.1 Å². The Morgan fingerprint density at radius 1 is 1.43 bits per heavy atom. The fourth-order valence-electron chi connectivity index (χ4n) is 0.948. The first-order valence-corrected chi connectivity index (χ1v) is 4.56. The minimum atomic E-state index is -0.481. The van der Waals surface area contributed by atoms with Gasteiger partial charge < -0.3 is 4.74 Å². The largest absolute Gasteiger partial charge is 0.442 e. The molecule has 0 aliphatic rings. The summed E-state index contributed by atoms with van der Waals surface area (Å²) in [5, 5.41) is 4.04. The Bertz CT molecular complexity index is 328. The molecule has 4 nitrogen and oxygen atoms in total. The van der Waals surface area contributed by atoms with Crippen LogP contribution in [0.5, 0.6) is 0 Å². The second kappa shape index (κ2) is 3.44. The average molecular weight is 196 g/mol. The molecule has 1 aromatic rings. The summed E-state index contributed by atoms with van der Waals surface area (Å²) in [7, 11) is 0. The van der Waals surface area contributed by atoms with E-state index in [1.54, 1.807) is 6.20 Å². The summed E-state index contributed by atoms with van der Waals surface area (Å²) in [6.45, 7) is 9.25. The van der Waals surface area contributed by atoms with Gasteiger partial charge in [-0.05, 0) is 40.2 Å². The van der Waals surface area contributed by atoms with Crippen LogP contribution in [0, 0.1) is 13.8 Å². The second-order valence-corrected chi connectivity index (χ2v) is 4.32. The number of nitrogens with zero attached hydrogens (tertiary/aromatic N) is 2. The van der Waals surface area contributed by atoms with E-state index in [1.807, 2.05) is 34.6 Å². The van der Waals surface area contributed by atoms with Gasteiger partial charge in [-0.15, -0.1) is 0 Å². The summed E-state index contributed by atoms with van der Waals surface area (Å²) in [6, 6.07) is 0. The lowest BCUT2D eigenvalue weighted by atomic mass is 10.2. The van der Waals surface area contributed by atoms with Crippen molar-refractivity contribution in [3.8, 4) is 0 Å². The van der Waals surface area contributed by atoms with E-state index in [4.69, 9.17) is 4.74 Å². The quantitative estimate of drug-likeness (QED) is 0.639. The number of ether oxygens (including phenoxy) is 1. The van der Waals surface area contributed by atoms with Crippen molar-refractivity contribution in [2.75, 3.05) is 0 Å². The summed E-state index contributed by atoms with van der Waals surface area (Å²) in [5.74, 6) is 0. The van der Waals surface area contributed by atoms with E-state index in [-0.39, 0.29) is 0 Å². The maximum Gasteiger partial charge on any atom is 0.435 e. The van der Waals surface area contributed by atoms with Gasteiger partial charge in [0.1, 0.15) is 5.60 Å². The van der Waals surface area contributed by atoms with E-state index in [0.29, 0.717) is 0 Å². The molecule has 4 heteroatoms. The smallest absolute Gasteiger partial charge is 0.435 e. The number of rotatable bonds is 0. The lowest BCUT2D eigenvalue weighted by Gasteiger charge is -2.18. The fraction of sp³-hybridized carbons (Fsp3) is 0.600. The fourth-order valence-corrected chi connectivity index (χ4v) is 0.948. The molecule has 0 fully saturated rings. The molecule has 0 aliphatic carbocycles. The van der Waals surface area contributed by atoms with Gasteiger partial charge in [0.2, 0.25) is 0 Å². The predicted octanol–water partition coefficient (Wildman–Crippen LogP) is 2.28. The highest BCUT2D eigenvalue weighted by Crippen LogP contribution is 2.10. The van der Waals surface area contributed by atoms with E-state index in [0.717, 1.165) is 11.3 Å². The van der Waals surface area contributed by atoms with E-state index in [1.165, 1.54) is 4.68 Å². The van der Waals surface area contributed by atoms with Crippen molar-refractivity contribution >= 4 is 6.09 Å². The molecule has 0 bridgehead atoms. The zero-order valence-electron chi connectivity index (χ0n) is 9.29. The van der Waals surface area contributed by atoms with Crippen LogP contribution in [0.4, 0.5) is 4.79 Å². The molecule has 0 spiro atoms. The Labute approximate surface area is 83.9 Å². The van der Waals surface area contributed by atoms with Crippen molar-refractivity contribution in [2.45, 2.75) is 40.2 Å². The highest BCUT2D eigenvalue weighted by atomic mass is 16.6. The van der Waals surface area contributed by atoms with E-state index < -0.39 is 11.7 Å². The Morgan fingerprint density at radius 2 is 2.00 bits per heavy atom. The van der Waals surface area contributed by atoms with Crippen molar-refractivity contribution in [3.05, 3.63) is 17.5 Å². The number of carbonyl (C=O) groups is 1. The SMILES string of the molecule is Cc1cn(C(=O)OC(C)(C)C)nc1C. The van der Waals surface area contributed by atoms with E-state index in [9.17, 15) is 4.79 Å². The minimum absolute atomic E-state index is 0.436. The number of hydrogen-bond acceptors (Lipinski definition) is 3. The summed E-state index contributed by atoms with van der Waals surface area (Å²) < 4.78 is 6.39. The summed E-state index contributed by atoms with van der Waals surface area (Å²) in [4.78, 5) is 11.5. The molecule has 0 atom stereocenters. The van der Waals surface area contributed by atoms with Gasteiger partial charge in [-0.3, -0.25) is 0 Å².